The number of carbonyl (C=O) groups excluding carboxylic acids is 1. The van der Waals surface area contributed by atoms with Gasteiger partial charge in [0.15, 0.2) is 5.82 Å². The maximum Gasteiger partial charge on any atom is 0.351 e. The van der Waals surface area contributed by atoms with Crippen LogP contribution < -0.4 is 67.3 Å². The van der Waals surface area contributed by atoms with Crippen LogP contribution in [-0.2, 0) is 132 Å². The number of H-pyrrole nitrogens is 3. The molecule has 5 aromatic rings. The highest BCUT2D eigenvalue weighted by molar-refractivity contribution is 9.10. The normalized spacial score (nSPS) is 28.5. The van der Waals surface area contributed by atoms with E-state index in [1.165, 1.54) is 48.4 Å². The monoisotopic (exact) mass is 1750 g/mol. The number of aliphatic hydroxyl groups excluding tert-OH is 1. The molecule has 4 unspecified atom stereocenters. The summed E-state index contributed by atoms with van der Waals surface area (Å²) in [6, 6.07) is 2.76. The van der Waals surface area contributed by atoms with Crippen LogP contribution in [0, 0.1) is 18.8 Å². The zero-order valence-electron chi connectivity index (χ0n) is 58.0. The highest BCUT2D eigenvalue weighted by atomic mass is 79.9. The summed E-state index contributed by atoms with van der Waals surface area (Å²) in [5.74, 6) is -1.56. The van der Waals surface area contributed by atoms with Crippen molar-refractivity contribution in [2.45, 2.75) is 145 Å². The molecule has 5 fully saturated rings. The highest BCUT2D eigenvalue weighted by Gasteiger charge is 2.51. The number of hydrogen-bond donors (Lipinski definition) is 11. The van der Waals surface area contributed by atoms with Crippen LogP contribution in [0.15, 0.2) is 75.0 Å². The molecule has 0 aliphatic carbocycles. The third-order valence-electron chi connectivity index (χ3n) is 18.0. The zero-order chi connectivity index (χ0) is 78.6. The summed E-state index contributed by atoms with van der Waals surface area (Å²) in [4.78, 5) is 159. The number of nitrogens with one attached hydrogen (secondary N) is 3. The molecular weight excluding hydrogens is 1670 g/mol. The van der Waals surface area contributed by atoms with Crippen molar-refractivity contribution in [3.8, 4) is 0 Å². The van der Waals surface area contributed by atoms with Crippen molar-refractivity contribution in [3.05, 3.63) is 126 Å². The first kappa shape index (κ1) is 85.0. The lowest BCUT2D eigenvalue weighted by molar-refractivity contribution is -0.120. The first-order valence-electron chi connectivity index (χ1n) is 33.6. The third kappa shape index (κ3) is 21.4. The van der Waals surface area contributed by atoms with Crippen molar-refractivity contribution in [2.24, 2.45) is 17.6 Å². The number of aryl methyl sites for hydroxylation is 1. The number of fused-ring (bicyclic) bond motifs is 1. The van der Waals surface area contributed by atoms with E-state index < -0.39 is 191 Å². The van der Waals surface area contributed by atoms with Gasteiger partial charge in [0.25, 0.3) is 16.7 Å². The lowest BCUT2D eigenvalue weighted by atomic mass is 9.89. The standard InChI is InChI=1S/C57H80BrN15O28P4S4/c1-27(2)29-15-44(69-7-4-41(60)63-54(69)79)94-37(29)23-92-105(109,88-13-12-87-11-10-86-9-6-59)101-35-18-46(71-20-28(3)50(76)67-56(71)81)96-40(35)26-91-104(85,108)100-34-19-48(73-43(75)14-30-49(73)65-53(62)66-51(30)77)97-39(34)25-90-103(84,107)99-33-17-45(70-8-5-42(61)64-55(70)80)95-38(33)24-89-102(83,106)98-32-16-47(93-36(32)22-74)72-21-31(58)52(78)68-57(72)82/h4-5,7-8,20-21,27,29,32-40,44-48,74H,6,9-19,22-26,59H2,1-3H3,(H,83,106)(H,84,107)(H,85,108)(H2,60,63,79)(H2,61,64,80)(H,67,76,81)(H,68,78,82)(H3,62,65,66,77)/t29-,32+,33+,34+,35+,36+,37+,38+,39+,40+,44+,45+,46+,47+,48+,102?,103?,104?,105?/m0/s1. The number of aromatic amines is 3. The van der Waals surface area contributed by atoms with E-state index in [0.717, 1.165) is 18.6 Å². The minimum atomic E-state index is -4.67. The summed E-state index contributed by atoms with van der Waals surface area (Å²) in [6.07, 6.45) is -13.2. The number of aromatic nitrogens is 10. The molecule has 5 saturated heterocycles. The quantitative estimate of drug-likeness (QED) is 0.0171. The van der Waals surface area contributed by atoms with E-state index >= 15 is 0 Å². The van der Waals surface area contributed by atoms with Gasteiger partial charge in [0.2, 0.25) is 11.9 Å². The molecule has 5 aromatic heterocycles. The van der Waals surface area contributed by atoms with Crippen molar-refractivity contribution in [1.82, 2.24) is 48.2 Å². The Morgan fingerprint density at radius 1 is 0.560 bits per heavy atom. The second kappa shape index (κ2) is 36.3. The molecule has 11 heterocycles. The minimum absolute atomic E-state index is 0.0141. The van der Waals surface area contributed by atoms with Gasteiger partial charge in [-0.15, -0.1) is 0 Å². The fourth-order valence-corrected chi connectivity index (χ4v) is 19.6. The van der Waals surface area contributed by atoms with Crippen LogP contribution in [0.25, 0.3) is 0 Å². The number of ether oxygens (including phenoxy) is 7. The Labute approximate surface area is 645 Å². The van der Waals surface area contributed by atoms with E-state index in [4.69, 9.17) is 144 Å². The molecule has 0 spiro atoms. The zero-order valence-corrected chi connectivity index (χ0v) is 66.4. The lowest BCUT2D eigenvalue weighted by Gasteiger charge is -2.30. The maximum absolute atomic E-state index is 13.9. The van der Waals surface area contributed by atoms with Crippen molar-refractivity contribution >= 4 is 119 Å². The molecule has 0 bridgehead atoms. The van der Waals surface area contributed by atoms with Gasteiger partial charge in [-0.2, -0.15) is 15.0 Å². The molecule has 52 heteroatoms. The molecular formula is C57H80BrN15O28P4S4. The average Bonchev–Trinajstić information content (AvgIpc) is 1.61. The van der Waals surface area contributed by atoms with Crippen LogP contribution in [-0.4, -0.2) is 208 Å². The first-order chi connectivity index (χ1) is 51.6. The van der Waals surface area contributed by atoms with Crippen molar-refractivity contribution in [1.29, 1.82) is 0 Å². The van der Waals surface area contributed by atoms with E-state index in [0.29, 0.717) is 19.6 Å². The van der Waals surface area contributed by atoms with Crippen molar-refractivity contribution in [3.63, 3.8) is 0 Å². The maximum atomic E-state index is 13.9. The van der Waals surface area contributed by atoms with Gasteiger partial charge < -0.3 is 117 Å². The number of aliphatic hydroxyl groups is 1. The summed E-state index contributed by atoms with van der Waals surface area (Å²) < 4.78 is 102. The Bertz CT molecular complexity index is 4780. The van der Waals surface area contributed by atoms with Crippen molar-refractivity contribution < 1.29 is 98.5 Å². The Kier molecular flexibility index (Phi) is 28.3. The fraction of sp³-hybridized carbons (Fsp3) is 0.632. The number of nitrogens with two attached hydrogens (primary N) is 4. The van der Waals surface area contributed by atoms with Crippen LogP contribution in [0.5, 0.6) is 0 Å². The Morgan fingerprint density at radius 3 is 1.54 bits per heavy atom. The molecule has 11 rings (SSSR count). The Balaban J connectivity index is 0.819. The van der Waals surface area contributed by atoms with Gasteiger partial charge in [-0.3, -0.25) is 57.3 Å². The predicted molar refractivity (Wildman–Crippen MR) is 398 cm³/mol. The Hall–Kier alpha value is -4.89. The van der Waals surface area contributed by atoms with Crippen LogP contribution in [0.3, 0.4) is 0 Å². The second-order valence-corrected chi connectivity index (χ2v) is 38.0. The number of halogens is 1. The smallest absolute Gasteiger partial charge is 0.351 e. The summed E-state index contributed by atoms with van der Waals surface area (Å²) in [5, 5.41) is 10.2. The summed E-state index contributed by atoms with van der Waals surface area (Å²) in [6.45, 7) is -14.7. The second-order valence-electron chi connectivity index (χ2n) is 25.8. The van der Waals surface area contributed by atoms with Gasteiger partial charge in [-0.1, -0.05) is 13.8 Å². The molecule has 0 radical (unpaired) electrons. The lowest BCUT2D eigenvalue weighted by Crippen LogP contribution is -2.39. The molecule has 6 aliphatic rings. The van der Waals surface area contributed by atoms with E-state index in [2.05, 4.69) is 45.8 Å². The van der Waals surface area contributed by atoms with Crippen LogP contribution in [0.4, 0.5) is 23.4 Å². The number of nitrogens with zero attached hydrogens (tertiary/aromatic N) is 8. The minimum Gasteiger partial charge on any atom is -0.394 e. The van der Waals surface area contributed by atoms with Gasteiger partial charge in [-0.25, -0.2) is 19.2 Å². The van der Waals surface area contributed by atoms with Gasteiger partial charge in [0.05, 0.1) is 113 Å². The third-order valence-corrected chi connectivity index (χ3v) is 25.7. The first-order valence-corrected chi connectivity index (χ1v) is 44.7. The fourth-order valence-electron chi connectivity index (χ4n) is 12.7. The number of amides is 1. The number of rotatable bonds is 36. The molecule has 6 aliphatic heterocycles. The molecule has 43 nitrogen and oxygen atoms in total. The highest BCUT2D eigenvalue weighted by Crippen LogP contribution is 2.57. The number of carbonyl (C=O) groups is 1. The Morgan fingerprint density at radius 2 is 1.01 bits per heavy atom. The van der Waals surface area contributed by atoms with Crippen LogP contribution in [0.2, 0.25) is 0 Å². The SMILES string of the molecule is Cc1cn([C@H]2C[C@@H](OP(=S)(OCCOCCOCCN)OC[C@H]3O[C@@H](n4ccc(N)nc4=O)C[C@H]3C(C)C)[C@@H](COP(O)(=S)O[C@@H]3C[C@H](N4C(=O)Cc5c4nc(N)[nH]c5=O)O[C@@H]3COP(O)(=S)O[C@@H]3C[C@H](n4ccc(N)nc4=O)O[C@@H]3COP(O)(=S)O[C@@H]3C[C@H](n4cc(Br)c(=O)[nH]c4=O)O[C@@H]3CO)O2)c(=O)[nH]c1=O. The van der Waals surface area contributed by atoms with E-state index in [1.807, 2.05) is 13.8 Å². The largest absolute Gasteiger partial charge is 0.394 e. The van der Waals surface area contributed by atoms with Gasteiger partial charge in [0, 0.05) is 62.6 Å². The summed E-state index contributed by atoms with van der Waals surface area (Å²) >= 11 is 25.9. The molecule has 109 heavy (non-hydrogen) atoms. The van der Waals surface area contributed by atoms with Gasteiger partial charge in [-0.05, 0) is 100 Å². The molecule has 602 valence electrons. The molecule has 1 amide bonds. The summed E-state index contributed by atoms with van der Waals surface area (Å²) in [5.41, 5.74) is 17.8. The van der Waals surface area contributed by atoms with Crippen molar-refractivity contribution in [2.75, 3.05) is 94.7 Å². The molecule has 19 atom stereocenters. The topological polar surface area (TPSA) is 578 Å². The van der Waals surface area contributed by atoms with Crippen LogP contribution in [0.1, 0.15) is 82.0 Å². The molecule has 15 N–H and O–H groups in total. The van der Waals surface area contributed by atoms with E-state index in [9.17, 15) is 58.1 Å². The number of nitrogen functional groups attached to an aromatic ring is 3. The van der Waals surface area contributed by atoms with E-state index in [1.54, 1.807) is 0 Å². The van der Waals surface area contributed by atoms with Gasteiger partial charge >= 0.3 is 49.6 Å². The number of hydrogen-bond acceptors (Lipinski definition) is 36. The predicted octanol–water partition coefficient (Wildman–Crippen LogP) is -0.889. The van der Waals surface area contributed by atoms with Crippen LogP contribution >= 0.6 is 42.8 Å². The van der Waals surface area contributed by atoms with E-state index in [-0.39, 0.29) is 110 Å². The number of anilines is 4. The van der Waals surface area contributed by atoms with Gasteiger partial charge in [0.1, 0.15) is 67.2 Å². The molecule has 0 saturated carbocycles. The average molecular weight is 1760 g/mol. The molecule has 0 aromatic carbocycles. The summed E-state index contributed by atoms with van der Waals surface area (Å²) in [7, 11) is 0.